The molecule has 1 N–H and O–H groups in total. The molecule has 0 spiro atoms. The van der Waals surface area contributed by atoms with Gasteiger partial charge in [-0.05, 0) is 45.0 Å². The Kier molecular flexibility index (Phi) is 4.30. The second kappa shape index (κ2) is 5.74. The fraction of sp³-hybridized carbons (Fsp3) is 0.571. The van der Waals surface area contributed by atoms with E-state index in [4.69, 9.17) is 11.6 Å². The van der Waals surface area contributed by atoms with Crippen LogP contribution in [0.5, 0.6) is 0 Å². The van der Waals surface area contributed by atoms with Gasteiger partial charge in [-0.1, -0.05) is 30.2 Å². The zero-order valence-corrected chi connectivity index (χ0v) is 11.4. The normalized spacial score (nSPS) is 21.5. The summed E-state index contributed by atoms with van der Waals surface area (Å²) < 4.78 is 0. The molecule has 0 aliphatic carbocycles. The topological polar surface area (TPSA) is 15.3 Å². The third-order valence-electron chi connectivity index (χ3n) is 3.66. The third-order valence-corrected chi connectivity index (χ3v) is 3.97. The van der Waals surface area contributed by atoms with Gasteiger partial charge in [0.2, 0.25) is 0 Å². The second-order valence-electron chi connectivity index (χ2n) is 4.94. The van der Waals surface area contributed by atoms with E-state index < -0.39 is 0 Å². The van der Waals surface area contributed by atoms with Crippen LogP contribution in [0, 0.1) is 6.92 Å². The van der Waals surface area contributed by atoms with E-state index >= 15 is 0 Å². The maximum atomic E-state index is 6.21. The highest BCUT2D eigenvalue weighted by Gasteiger charge is 2.18. The van der Waals surface area contributed by atoms with Crippen molar-refractivity contribution in [1.82, 2.24) is 4.90 Å². The Bertz CT molecular complexity index is 358. The number of anilines is 1. The molecular weight excluding hydrogens is 232 g/mol. The minimum absolute atomic E-state index is 0.638. The van der Waals surface area contributed by atoms with Gasteiger partial charge in [0, 0.05) is 12.6 Å². The predicted octanol–water partition coefficient (Wildman–Crippen LogP) is 3.54. The van der Waals surface area contributed by atoms with Gasteiger partial charge in [0.15, 0.2) is 0 Å². The van der Waals surface area contributed by atoms with E-state index in [1.165, 1.54) is 31.4 Å². The van der Waals surface area contributed by atoms with Crippen LogP contribution in [0.25, 0.3) is 0 Å². The molecule has 0 amide bonds. The molecule has 0 radical (unpaired) electrons. The Balaban J connectivity index is 1.97. The number of halogens is 1. The van der Waals surface area contributed by atoms with Crippen LogP contribution in [-0.4, -0.2) is 31.1 Å². The average Bonchev–Trinajstić information content (AvgIpc) is 2.30. The van der Waals surface area contributed by atoms with E-state index in [-0.39, 0.29) is 0 Å². The van der Waals surface area contributed by atoms with Gasteiger partial charge < -0.3 is 10.2 Å². The molecule has 1 unspecified atom stereocenters. The molecule has 1 aromatic rings. The first-order valence-corrected chi connectivity index (χ1v) is 6.75. The van der Waals surface area contributed by atoms with Crippen molar-refractivity contribution in [1.29, 1.82) is 0 Å². The lowest BCUT2D eigenvalue weighted by Gasteiger charge is -2.33. The number of nitrogens with one attached hydrogen (secondary N) is 1. The number of hydrogen-bond acceptors (Lipinski definition) is 2. The molecule has 1 fully saturated rings. The Hall–Kier alpha value is -0.730. The van der Waals surface area contributed by atoms with Crippen molar-refractivity contribution in [3.8, 4) is 0 Å². The summed E-state index contributed by atoms with van der Waals surface area (Å²) in [4.78, 5) is 2.45. The van der Waals surface area contributed by atoms with Crippen molar-refractivity contribution in [2.45, 2.75) is 32.2 Å². The molecular formula is C14H21ClN2. The van der Waals surface area contributed by atoms with Crippen molar-refractivity contribution >= 4 is 17.3 Å². The second-order valence-corrected chi connectivity index (χ2v) is 5.35. The minimum atomic E-state index is 0.638. The molecule has 1 heterocycles. The van der Waals surface area contributed by atoms with Crippen LogP contribution in [-0.2, 0) is 0 Å². The molecule has 1 saturated heterocycles. The number of nitrogens with zero attached hydrogens (tertiary/aromatic N) is 1. The smallest absolute Gasteiger partial charge is 0.0640 e. The van der Waals surface area contributed by atoms with Gasteiger partial charge in [0.1, 0.15) is 0 Å². The van der Waals surface area contributed by atoms with Gasteiger partial charge in [-0.25, -0.2) is 0 Å². The van der Waals surface area contributed by atoms with Crippen LogP contribution in [0.3, 0.4) is 0 Å². The van der Waals surface area contributed by atoms with Crippen LogP contribution >= 0.6 is 11.6 Å². The molecule has 1 aliphatic heterocycles. The number of aryl methyl sites for hydroxylation is 1. The number of likely N-dealkylation sites (tertiary alicyclic amines) is 1. The molecule has 0 saturated carbocycles. The monoisotopic (exact) mass is 252 g/mol. The van der Waals surface area contributed by atoms with E-state index in [2.05, 4.69) is 30.3 Å². The summed E-state index contributed by atoms with van der Waals surface area (Å²) in [6.07, 6.45) is 3.96. The number of hydrogen-bond donors (Lipinski definition) is 1. The van der Waals surface area contributed by atoms with Crippen LogP contribution in [0.2, 0.25) is 5.02 Å². The molecule has 3 heteroatoms. The van der Waals surface area contributed by atoms with E-state index in [0.717, 1.165) is 17.3 Å². The quantitative estimate of drug-likeness (QED) is 0.885. The zero-order chi connectivity index (χ0) is 12.3. The number of piperidine rings is 1. The molecule has 94 valence electrons. The summed E-state index contributed by atoms with van der Waals surface area (Å²) in [6.45, 7) is 4.30. The van der Waals surface area contributed by atoms with E-state index in [0.29, 0.717) is 6.04 Å². The van der Waals surface area contributed by atoms with Crippen molar-refractivity contribution in [3.05, 3.63) is 28.8 Å². The maximum absolute atomic E-state index is 6.21. The average molecular weight is 253 g/mol. The lowest BCUT2D eigenvalue weighted by Crippen LogP contribution is -2.40. The van der Waals surface area contributed by atoms with Gasteiger partial charge in [0.25, 0.3) is 0 Å². The van der Waals surface area contributed by atoms with E-state index in [1.807, 2.05) is 12.1 Å². The van der Waals surface area contributed by atoms with Crippen LogP contribution < -0.4 is 5.32 Å². The summed E-state index contributed by atoms with van der Waals surface area (Å²) >= 11 is 6.21. The van der Waals surface area contributed by atoms with Crippen molar-refractivity contribution in [2.75, 3.05) is 25.5 Å². The molecule has 0 bridgehead atoms. The van der Waals surface area contributed by atoms with Crippen molar-refractivity contribution in [2.24, 2.45) is 0 Å². The first-order valence-electron chi connectivity index (χ1n) is 6.37. The highest BCUT2D eigenvalue weighted by Crippen LogP contribution is 2.26. The molecule has 2 nitrogen and oxygen atoms in total. The summed E-state index contributed by atoms with van der Waals surface area (Å²) in [6, 6.07) is 6.68. The van der Waals surface area contributed by atoms with Crippen LogP contribution in [0.1, 0.15) is 24.8 Å². The minimum Gasteiger partial charge on any atom is -0.382 e. The Labute approximate surface area is 109 Å². The van der Waals surface area contributed by atoms with E-state index in [1.54, 1.807) is 0 Å². The number of likely N-dealkylation sites (N-methyl/N-ethyl adjacent to an activating group) is 1. The van der Waals surface area contributed by atoms with Crippen molar-refractivity contribution < 1.29 is 0 Å². The molecule has 17 heavy (non-hydrogen) atoms. The Morgan fingerprint density at radius 3 is 2.94 bits per heavy atom. The number of rotatable bonds is 3. The summed E-state index contributed by atoms with van der Waals surface area (Å²) in [5, 5.41) is 4.33. The number of benzene rings is 1. The SMILES string of the molecule is Cc1cccc(Cl)c1NCC1CCCCN1C. The first kappa shape index (κ1) is 12.7. The molecule has 1 atom stereocenters. The lowest BCUT2D eigenvalue weighted by molar-refractivity contribution is 0.194. The molecule has 2 rings (SSSR count). The van der Waals surface area contributed by atoms with Gasteiger partial charge in [-0.2, -0.15) is 0 Å². The van der Waals surface area contributed by atoms with Crippen molar-refractivity contribution in [3.63, 3.8) is 0 Å². The molecule has 1 aromatic carbocycles. The molecule has 0 aromatic heterocycles. The third kappa shape index (κ3) is 3.14. The Morgan fingerprint density at radius 2 is 2.24 bits per heavy atom. The lowest BCUT2D eigenvalue weighted by atomic mass is 10.0. The standard InChI is InChI=1S/C14H21ClN2/c1-11-6-5-8-13(15)14(11)16-10-12-7-3-4-9-17(12)2/h5-6,8,12,16H,3-4,7,9-10H2,1-2H3. The predicted molar refractivity (Wildman–Crippen MR) is 74.9 cm³/mol. The number of para-hydroxylation sites is 1. The van der Waals surface area contributed by atoms with Gasteiger partial charge in [-0.15, -0.1) is 0 Å². The van der Waals surface area contributed by atoms with Gasteiger partial charge in [-0.3, -0.25) is 0 Å². The summed E-state index contributed by atoms with van der Waals surface area (Å²) in [7, 11) is 2.21. The first-order chi connectivity index (χ1) is 8.18. The van der Waals surface area contributed by atoms with Crippen LogP contribution in [0.15, 0.2) is 18.2 Å². The van der Waals surface area contributed by atoms with E-state index in [9.17, 15) is 0 Å². The fourth-order valence-electron chi connectivity index (χ4n) is 2.48. The molecule has 1 aliphatic rings. The Morgan fingerprint density at radius 1 is 1.41 bits per heavy atom. The van der Waals surface area contributed by atoms with Gasteiger partial charge >= 0.3 is 0 Å². The highest BCUT2D eigenvalue weighted by molar-refractivity contribution is 6.33. The summed E-state index contributed by atoms with van der Waals surface area (Å²) in [5.41, 5.74) is 2.31. The highest BCUT2D eigenvalue weighted by atomic mass is 35.5. The largest absolute Gasteiger partial charge is 0.382 e. The van der Waals surface area contributed by atoms with Crippen LogP contribution in [0.4, 0.5) is 5.69 Å². The summed E-state index contributed by atoms with van der Waals surface area (Å²) in [5.74, 6) is 0. The zero-order valence-electron chi connectivity index (χ0n) is 10.7. The van der Waals surface area contributed by atoms with Gasteiger partial charge in [0.05, 0.1) is 10.7 Å². The fourth-order valence-corrected chi connectivity index (χ4v) is 2.77. The maximum Gasteiger partial charge on any atom is 0.0640 e.